The van der Waals surface area contributed by atoms with Crippen LogP contribution in [0.4, 0.5) is 5.69 Å². The highest BCUT2D eigenvalue weighted by Crippen LogP contribution is 2.24. The number of nitrogens with zero attached hydrogens (tertiary/aromatic N) is 2. The van der Waals surface area contributed by atoms with E-state index in [0.717, 1.165) is 10.2 Å². The van der Waals surface area contributed by atoms with Gasteiger partial charge >= 0.3 is 0 Å². The van der Waals surface area contributed by atoms with Crippen molar-refractivity contribution in [1.29, 1.82) is 0 Å². The van der Waals surface area contributed by atoms with Gasteiger partial charge in [0.1, 0.15) is 5.69 Å². The molecule has 0 unspecified atom stereocenters. The molecular weight excluding hydrogens is 215 g/mol. The van der Waals surface area contributed by atoms with Crippen LogP contribution >= 0.6 is 27.7 Å². The van der Waals surface area contributed by atoms with Gasteiger partial charge in [-0.2, -0.15) is 0 Å². The summed E-state index contributed by atoms with van der Waals surface area (Å²) in [4.78, 5) is 0. The smallest absolute Gasteiger partial charge is 0.101 e. The topological polar surface area (TPSA) is 24.7 Å². The van der Waals surface area contributed by atoms with Crippen LogP contribution in [0.25, 0.3) is 0 Å². The maximum absolute atomic E-state index is 5.05. The second kappa shape index (κ2) is 3.68. The third-order valence-corrected chi connectivity index (χ3v) is 1.74. The lowest BCUT2D eigenvalue weighted by Crippen LogP contribution is -1.63. The van der Waals surface area contributed by atoms with Crippen LogP contribution in [-0.4, -0.2) is 0 Å². The minimum Gasteiger partial charge on any atom is -0.137 e. The molecule has 0 saturated carbocycles. The van der Waals surface area contributed by atoms with E-state index < -0.39 is 0 Å². The number of hydrogen-bond donors (Lipinski definition) is 0. The SMILES string of the molecule is ClN=Nc1ccccc1Br. The van der Waals surface area contributed by atoms with Crippen molar-refractivity contribution in [3.05, 3.63) is 28.7 Å². The van der Waals surface area contributed by atoms with Crippen molar-refractivity contribution in [2.24, 2.45) is 9.75 Å². The summed E-state index contributed by atoms with van der Waals surface area (Å²) >= 11 is 8.33. The molecule has 0 fully saturated rings. The molecule has 1 aromatic rings. The first-order valence-corrected chi connectivity index (χ1v) is 3.74. The van der Waals surface area contributed by atoms with Gasteiger partial charge in [-0.3, -0.25) is 0 Å². The molecule has 0 saturated heterocycles. The first kappa shape index (κ1) is 7.69. The number of halogens is 2. The van der Waals surface area contributed by atoms with Crippen LogP contribution in [-0.2, 0) is 0 Å². The van der Waals surface area contributed by atoms with E-state index in [9.17, 15) is 0 Å². The van der Waals surface area contributed by atoms with Crippen LogP contribution in [0.3, 0.4) is 0 Å². The summed E-state index contributed by atoms with van der Waals surface area (Å²) in [7, 11) is 0. The van der Waals surface area contributed by atoms with E-state index in [4.69, 9.17) is 11.8 Å². The van der Waals surface area contributed by atoms with Gasteiger partial charge in [0.2, 0.25) is 0 Å². The molecule has 0 heterocycles. The number of rotatable bonds is 1. The van der Waals surface area contributed by atoms with E-state index in [-0.39, 0.29) is 0 Å². The molecule has 0 radical (unpaired) electrons. The van der Waals surface area contributed by atoms with Crippen LogP contribution in [0.1, 0.15) is 0 Å². The first-order valence-electron chi connectivity index (χ1n) is 2.61. The molecule has 52 valence electrons. The molecule has 0 bridgehead atoms. The van der Waals surface area contributed by atoms with Crippen molar-refractivity contribution < 1.29 is 0 Å². The minimum atomic E-state index is 0.734. The summed E-state index contributed by atoms with van der Waals surface area (Å²) < 4.78 is 4.02. The predicted molar refractivity (Wildman–Crippen MR) is 44.5 cm³/mol. The molecule has 4 heteroatoms. The second-order valence-corrected chi connectivity index (χ2v) is 2.63. The Hall–Kier alpha value is -0.410. The van der Waals surface area contributed by atoms with Crippen LogP contribution in [0.15, 0.2) is 38.5 Å². The van der Waals surface area contributed by atoms with Gasteiger partial charge in [-0.25, -0.2) is 0 Å². The molecule has 0 atom stereocenters. The monoisotopic (exact) mass is 218 g/mol. The van der Waals surface area contributed by atoms with Crippen molar-refractivity contribution in [1.82, 2.24) is 0 Å². The Morgan fingerprint density at radius 3 is 2.60 bits per heavy atom. The molecule has 1 rings (SSSR count). The molecule has 0 amide bonds. The average Bonchev–Trinajstić information content (AvgIpc) is 1.94. The van der Waals surface area contributed by atoms with Gasteiger partial charge in [0.15, 0.2) is 0 Å². The summed E-state index contributed by atoms with van der Waals surface area (Å²) in [6.45, 7) is 0. The lowest BCUT2D eigenvalue weighted by atomic mass is 10.3. The molecule has 0 N–H and O–H groups in total. The number of hydrogen-bond acceptors (Lipinski definition) is 2. The minimum absolute atomic E-state index is 0.734. The Labute approximate surface area is 72.2 Å². The summed E-state index contributed by atoms with van der Waals surface area (Å²) in [5, 5.41) is 3.65. The van der Waals surface area contributed by atoms with Crippen molar-refractivity contribution in [2.45, 2.75) is 0 Å². The highest BCUT2D eigenvalue weighted by Gasteiger charge is 1.92. The third-order valence-electron chi connectivity index (χ3n) is 0.998. The van der Waals surface area contributed by atoms with Crippen LogP contribution in [0.2, 0.25) is 0 Å². The molecule has 1 aromatic carbocycles. The molecular formula is C6H4BrClN2. The normalized spacial score (nSPS) is 10.6. The van der Waals surface area contributed by atoms with Crippen LogP contribution < -0.4 is 0 Å². The summed E-state index contributed by atoms with van der Waals surface area (Å²) in [6, 6.07) is 7.46. The highest BCUT2D eigenvalue weighted by molar-refractivity contribution is 9.10. The van der Waals surface area contributed by atoms with Crippen molar-refractivity contribution in [3.8, 4) is 0 Å². The standard InChI is InChI=1S/C6H4BrClN2/c7-5-3-1-2-4-6(5)9-10-8/h1-4H. The fraction of sp³-hybridized carbons (Fsp3) is 0. The molecule has 0 aliphatic rings. The Balaban J connectivity index is 3.03. The Morgan fingerprint density at radius 1 is 1.30 bits per heavy atom. The first-order chi connectivity index (χ1) is 4.84. The van der Waals surface area contributed by atoms with Crippen molar-refractivity contribution in [3.63, 3.8) is 0 Å². The summed E-state index contributed by atoms with van der Waals surface area (Å²) in [5.41, 5.74) is 0.734. The van der Waals surface area contributed by atoms with E-state index in [1.54, 1.807) is 0 Å². The summed E-state index contributed by atoms with van der Waals surface area (Å²) in [6.07, 6.45) is 0. The Kier molecular flexibility index (Phi) is 2.83. The lowest BCUT2D eigenvalue weighted by Gasteiger charge is -1.91. The lowest BCUT2D eigenvalue weighted by molar-refractivity contribution is 1.31. The zero-order chi connectivity index (χ0) is 7.40. The van der Waals surface area contributed by atoms with Gasteiger partial charge in [0, 0.05) is 4.47 Å². The zero-order valence-corrected chi connectivity index (χ0v) is 7.30. The largest absolute Gasteiger partial charge is 0.137 e. The second-order valence-electron chi connectivity index (χ2n) is 1.63. The maximum Gasteiger partial charge on any atom is 0.101 e. The zero-order valence-electron chi connectivity index (χ0n) is 4.96. The number of benzene rings is 1. The maximum atomic E-state index is 5.05. The van der Waals surface area contributed by atoms with Gasteiger partial charge in [-0.1, -0.05) is 16.8 Å². The molecule has 0 aromatic heterocycles. The fourth-order valence-electron chi connectivity index (χ4n) is 0.574. The van der Waals surface area contributed by atoms with Gasteiger partial charge in [0.25, 0.3) is 0 Å². The van der Waals surface area contributed by atoms with Crippen molar-refractivity contribution in [2.75, 3.05) is 0 Å². The third kappa shape index (κ3) is 1.78. The highest BCUT2D eigenvalue weighted by atomic mass is 79.9. The van der Waals surface area contributed by atoms with E-state index in [2.05, 4.69) is 25.7 Å². The fourth-order valence-corrected chi connectivity index (χ4v) is 1.02. The van der Waals surface area contributed by atoms with Gasteiger partial charge in [0.05, 0.1) is 11.8 Å². The van der Waals surface area contributed by atoms with Gasteiger partial charge < -0.3 is 0 Å². The summed E-state index contributed by atoms with van der Waals surface area (Å²) in [5.74, 6) is 0. The van der Waals surface area contributed by atoms with Crippen LogP contribution in [0, 0.1) is 0 Å². The van der Waals surface area contributed by atoms with E-state index >= 15 is 0 Å². The molecule has 0 aliphatic carbocycles. The molecule has 2 nitrogen and oxygen atoms in total. The quantitative estimate of drug-likeness (QED) is 0.644. The van der Waals surface area contributed by atoms with Gasteiger partial charge in [-0.15, -0.1) is 5.11 Å². The van der Waals surface area contributed by atoms with E-state index in [1.807, 2.05) is 24.3 Å². The molecule has 0 aliphatic heterocycles. The Morgan fingerprint density at radius 2 is 2.00 bits per heavy atom. The predicted octanol–water partition coefficient (Wildman–Crippen LogP) is 3.69. The van der Waals surface area contributed by atoms with Crippen molar-refractivity contribution >= 4 is 33.4 Å². The molecule has 0 spiro atoms. The van der Waals surface area contributed by atoms with Crippen LogP contribution in [0.5, 0.6) is 0 Å². The van der Waals surface area contributed by atoms with Gasteiger partial charge in [-0.05, 0) is 28.1 Å². The van der Waals surface area contributed by atoms with E-state index in [0.29, 0.717) is 0 Å². The molecule has 10 heavy (non-hydrogen) atoms. The van der Waals surface area contributed by atoms with E-state index in [1.165, 1.54) is 0 Å². The Bertz CT molecular complexity index is 249. The average molecular weight is 219 g/mol.